The molecule has 1 fully saturated rings. The van der Waals surface area contributed by atoms with E-state index in [0.717, 1.165) is 12.8 Å². The Bertz CT molecular complexity index is 530. The summed E-state index contributed by atoms with van der Waals surface area (Å²) in [7, 11) is -3.47. The Morgan fingerprint density at radius 2 is 2.05 bits per heavy atom. The second kappa shape index (κ2) is 5.84. The van der Waals surface area contributed by atoms with Crippen molar-refractivity contribution in [3.05, 3.63) is 35.9 Å². The quantitative estimate of drug-likeness (QED) is 0.773. The first-order valence-corrected chi connectivity index (χ1v) is 8.14. The molecular weight excluding hydrogens is 264 g/mol. The zero-order valence-electron chi connectivity index (χ0n) is 10.9. The molecule has 0 N–H and O–H groups in total. The first-order valence-electron chi connectivity index (χ1n) is 6.43. The lowest BCUT2D eigenvalue weighted by Gasteiger charge is -2.15. The molecule has 4 nitrogen and oxygen atoms in total. The van der Waals surface area contributed by atoms with Crippen LogP contribution in [0.5, 0.6) is 0 Å². The molecule has 5 heteroatoms. The van der Waals surface area contributed by atoms with Crippen LogP contribution in [0.4, 0.5) is 0 Å². The molecule has 19 heavy (non-hydrogen) atoms. The van der Waals surface area contributed by atoms with Crippen LogP contribution in [0.25, 0.3) is 0 Å². The third-order valence-electron chi connectivity index (χ3n) is 3.41. The van der Waals surface area contributed by atoms with Gasteiger partial charge in [-0.25, -0.2) is 8.42 Å². The minimum absolute atomic E-state index is 0.0628. The molecule has 104 valence electrons. The number of Topliss-reactive ketones (excluding diaryl/α,β-unsaturated/α-hetero) is 1. The molecule has 0 radical (unpaired) electrons. The van der Waals surface area contributed by atoms with Gasteiger partial charge in [0.25, 0.3) is 0 Å². The van der Waals surface area contributed by atoms with Gasteiger partial charge in [-0.3, -0.25) is 4.79 Å². The average Bonchev–Trinajstić information content (AvgIpc) is 2.90. The smallest absolute Gasteiger partial charge is 0.180 e. The van der Waals surface area contributed by atoms with Gasteiger partial charge < -0.3 is 4.74 Å². The molecule has 1 saturated heterocycles. The van der Waals surface area contributed by atoms with Crippen molar-refractivity contribution in [2.24, 2.45) is 0 Å². The van der Waals surface area contributed by atoms with Crippen molar-refractivity contribution in [3.63, 3.8) is 0 Å². The fraction of sp³-hybridized carbons (Fsp3) is 0.500. The van der Waals surface area contributed by atoms with E-state index in [-0.39, 0.29) is 17.6 Å². The van der Waals surface area contributed by atoms with E-state index < -0.39 is 15.1 Å². The summed E-state index contributed by atoms with van der Waals surface area (Å²) < 4.78 is 29.7. The number of benzene rings is 1. The highest BCUT2D eigenvalue weighted by Crippen LogP contribution is 2.18. The van der Waals surface area contributed by atoms with Crippen molar-refractivity contribution >= 4 is 15.6 Å². The number of rotatable bonds is 5. The zero-order valence-corrected chi connectivity index (χ0v) is 11.7. The lowest BCUT2D eigenvalue weighted by Crippen LogP contribution is -2.33. The van der Waals surface area contributed by atoms with E-state index >= 15 is 0 Å². The Morgan fingerprint density at radius 1 is 1.37 bits per heavy atom. The van der Waals surface area contributed by atoms with Crippen molar-refractivity contribution in [2.45, 2.75) is 31.1 Å². The van der Waals surface area contributed by atoms with Gasteiger partial charge in [0.15, 0.2) is 15.6 Å². The predicted molar refractivity (Wildman–Crippen MR) is 73.0 cm³/mol. The Balaban J connectivity index is 2.09. The number of sulfone groups is 1. The maximum Gasteiger partial charge on any atom is 0.180 e. The Hall–Kier alpha value is -1.20. The molecule has 1 aromatic rings. The van der Waals surface area contributed by atoms with Gasteiger partial charge in [0.05, 0.1) is 11.9 Å². The predicted octanol–water partition coefficient (Wildman–Crippen LogP) is 1.85. The third kappa shape index (κ3) is 3.42. The zero-order chi connectivity index (χ0) is 13.9. The lowest BCUT2D eigenvalue weighted by atomic mass is 10.1. The van der Waals surface area contributed by atoms with Crippen LogP contribution >= 0.6 is 0 Å². The number of hydrogen-bond acceptors (Lipinski definition) is 4. The Labute approximate surface area is 113 Å². The van der Waals surface area contributed by atoms with Gasteiger partial charge in [0, 0.05) is 12.2 Å². The summed E-state index contributed by atoms with van der Waals surface area (Å²) in [4.78, 5) is 12.1. The van der Waals surface area contributed by atoms with Crippen molar-refractivity contribution in [1.29, 1.82) is 0 Å². The summed E-state index contributed by atoms with van der Waals surface area (Å²) in [6, 6.07) is 8.53. The highest BCUT2D eigenvalue weighted by Gasteiger charge is 2.32. The standard InChI is InChI=1S/C14H18O4S/c1-11(14(15)12-6-3-2-4-7-12)19(16,17)10-13-8-5-9-18-13/h2-4,6-7,11,13H,5,8-10H2,1H3. The van der Waals surface area contributed by atoms with Crippen LogP contribution in [0.15, 0.2) is 30.3 Å². The fourth-order valence-electron chi connectivity index (χ4n) is 2.18. The summed E-state index contributed by atoms with van der Waals surface area (Å²) in [6.45, 7) is 2.07. The first-order chi connectivity index (χ1) is 9.00. The van der Waals surface area contributed by atoms with E-state index in [9.17, 15) is 13.2 Å². The SMILES string of the molecule is CC(C(=O)c1ccccc1)S(=O)(=O)CC1CCCO1. The molecule has 2 atom stereocenters. The summed E-state index contributed by atoms with van der Waals surface area (Å²) in [5, 5.41) is -1.01. The molecule has 1 aromatic carbocycles. The van der Waals surface area contributed by atoms with Crippen LogP contribution in [-0.2, 0) is 14.6 Å². The van der Waals surface area contributed by atoms with E-state index in [1.165, 1.54) is 6.92 Å². The van der Waals surface area contributed by atoms with Crippen LogP contribution in [0.1, 0.15) is 30.1 Å². The summed E-state index contributed by atoms with van der Waals surface area (Å²) in [6.07, 6.45) is 1.39. The molecule has 1 aliphatic rings. The summed E-state index contributed by atoms with van der Waals surface area (Å²) in [5.41, 5.74) is 0.436. The van der Waals surface area contributed by atoms with Gasteiger partial charge in [-0.1, -0.05) is 30.3 Å². The molecular formula is C14H18O4S. The molecule has 2 rings (SSSR count). The van der Waals surface area contributed by atoms with E-state index in [0.29, 0.717) is 12.2 Å². The number of carbonyl (C=O) groups is 1. The highest BCUT2D eigenvalue weighted by atomic mass is 32.2. The fourth-order valence-corrected chi connectivity index (χ4v) is 3.71. The van der Waals surface area contributed by atoms with Gasteiger partial charge in [-0.05, 0) is 19.8 Å². The molecule has 0 saturated carbocycles. The summed E-state index contributed by atoms with van der Waals surface area (Å²) in [5.74, 6) is -0.411. The van der Waals surface area contributed by atoms with Gasteiger partial charge >= 0.3 is 0 Å². The second-order valence-electron chi connectivity index (χ2n) is 4.84. The lowest BCUT2D eigenvalue weighted by molar-refractivity contribution is 0.0990. The van der Waals surface area contributed by atoms with Crippen molar-refractivity contribution in [2.75, 3.05) is 12.4 Å². The van der Waals surface area contributed by atoms with Crippen LogP contribution in [0.2, 0.25) is 0 Å². The van der Waals surface area contributed by atoms with Crippen molar-refractivity contribution in [3.8, 4) is 0 Å². The average molecular weight is 282 g/mol. The van der Waals surface area contributed by atoms with Gasteiger partial charge in [0.1, 0.15) is 5.25 Å². The van der Waals surface area contributed by atoms with Gasteiger partial charge in [-0.15, -0.1) is 0 Å². The van der Waals surface area contributed by atoms with E-state index in [1.54, 1.807) is 30.3 Å². The molecule has 0 aliphatic carbocycles. The maximum atomic E-state index is 12.2. The first kappa shape index (κ1) is 14.2. The number of hydrogen-bond donors (Lipinski definition) is 0. The number of ketones is 1. The van der Waals surface area contributed by atoms with Crippen molar-refractivity contribution in [1.82, 2.24) is 0 Å². The van der Waals surface area contributed by atoms with Gasteiger partial charge in [0.2, 0.25) is 0 Å². The Kier molecular flexibility index (Phi) is 4.37. The Morgan fingerprint density at radius 3 is 2.63 bits per heavy atom. The monoisotopic (exact) mass is 282 g/mol. The van der Waals surface area contributed by atoms with Gasteiger partial charge in [-0.2, -0.15) is 0 Å². The molecule has 2 unspecified atom stereocenters. The van der Waals surface area contributed by atoms with E-state index in [1.807, 2.05) is 0 Å². The highest BCUT2D eigenvalue weighted by molar-refractivity contribution is 7.92. The molecule has 0 spiro atoms. The molecule has 0 amide bonds. The molecule has 1 heterocycles. The van der Waals surface area contributed by atoms with Crippen LogP contribution in [0, 0.1) is 0 Å². The molecule has 0 bridgehead atoms. The van der Waals surface area contributed by atoms with Crippen LogP contribution in [0.3, 0.4) is 0 Å². The minimum atomic E-state index is -3.47. The summed E-state index contributed by atoms with van der Waals surface area (Å²) >= 11 is 0. The number of ether oxygens (including phenoxy) is 1. The number of carbonyl (C=O) groups excluding carboxylic acids is 1. The maximum absolute atomic E-state index is 12.2. The van der Waals surface area contributed by atoms with Crippen LogP contribution < -0.4 is 0 Å². The minimum Gasteiger partial charge on any atom is -0.377 e. The van der Waals surface area contributed by atoms with Crippen LogP contribution in [-0.4, -0.2) is 37.9 Å². The second-order valence-corrected chi connectivity index (χ2v) is 7.20. The van der Waals surface area contributed by atoms with E-state index in [4.69, 9.17) is 4.74 Å². The molecule has 1 aliphatic heterocycles. The van der Waals surface area contributed by atoms with Crippen molar-refractivity contribution < 1.29 is 17.9 Å². The normalized spacial score (nSPS) is 21.2. The molecule has 0 aromatic heterocycles. The topological polar surface area (TPSA) is 60.4 Å². The third-order valence-corrected chi connectivity index (χ3v) is 5.54. The largest absolute Gasteiger partial charge is 0.377 e. The van der Waals surface area contributed by atoms with E-state index in [2.05, 4.69) is 0 Å².